The second-order valence-electron chi connectivity index (χ2n) is 7.02. The molecule has 2 heterocycles. The molecule has 2 aliphatic rings. The predicted octanol–water partition coefficient (Wildman–Crippen LogP) is 0.854. The summed E-state index contributed by atoms with van der Waals surface area (Å²) < 4.78 is 18.3. The number of hydrogen-bond acceptors (Lipinski definition) is 4. The summed E-state index contributed by atoms with van der Waals surface area (Å²) >= 11 is 0. The molecule has 2 saturated heterocycles. The van der Waals surface area contributed by atoms with Crippen molar-refractivity contribution < 1.29 is 18.7 Å². The molecule has 1 aromatic carbocycles. The van der Waals surface area contributed by atoms with E-state index in [-0.39, 0.29) is 17.8 Å². The summed E-state index contributed by atoms with van der Waals surface area (Å²) in [5.41, 5.74) is 0.896. The van der Waals surface area contributed by atoms with Gasteiger partial charge < -0.3 is 19.4 Å². The molecule has 0 spiro atoms. The van der Waals surface area contributed by atoms with Crippen LogP contribution in [0.3, 0.4) is 0 Å². The molecule has 3 amide bonds. The number of benzene rings is 1. The Kier molecular flexibility index (Phi) is 6.63. The maximum absolute atomic E-state index is 13.0. The highest BCUT2D eigenvalue weighted by Crippen LogP contribution is 2.09. The van der Waals surface area contributed by atoms with Crippen LogP contribution in [0.15, 0.2) is 24.3 Å². The fraction of sp³-hybridized carbons (Fsp3) is 0.579. The first-order valence-corrected chi connectivity index (χ1v) is 9.35. The molecular formula is C19H27FN4O3. The van der Waals surface area contributed by atoms with Crippen molar-refractivity contribution in [3.05, 3.63) is 35.6 Å². The summed E-state index contributed by atoms with van der Waals surface area (Å²) in [6, 6.07) is 6.25. The summed E-state index contributed by atoms with van der Waals surface area (Å²) in [6.07, 6.45) is 0. The smallest absolute Gasteiger partial charge is 0.320 e. The first-order chi connectivity index (χ1) is 13.0. The van der Waals surface area contributed by atoms with Gasteiger partial charge in [-0.25, -0.2) is 9.18 Å². The average Bonchev–Trinajstić information content (AvgIpc) is 2.70. The molecule has 8 heteroatoms. The third kappa shape index (κ3) is 5.40. The molecule has 0 aromatic heterocycles. The number of morpholine rings is 1. The Labute approximate surface area is 159 Å². The van der Waals surface area contributed by atoms with E-state index >= 15 is 0 Å². The summed E-state index contributed by atoms with van der Waals surface area (Å²) in [5, 5.41) is 0. The predicted molar refractivity (Wildman–Crippen MR) is 98.7 cm³/mol. The van der Waals surface area contributed by atoms with Gasteiger partial charge in [-0.3, -0.25) is 9.69 Å². The van der Waals surface area contributed by atoms with Crippen LogP contribution in [0.25, 0.3) is 0 Å². The number of likely N-dealkylation sites (N-methyl/N-ethyl adjacent to an activating group) is 1. The van der Waals surface area contributed by atoms with Gasteiger partial charge in [-0.05, 0) is 17.7 Å². The Morgan fingerprint density at radius 2 is 1.59 bits per heavy atom. The van der Waals surface area contributed by atoms with Crippen molar-refractivity contribution in [2.24, 2.45) is 0 Å². The Bertz CT molecular complexity index is 641. The Balaban J connectivity index is 1.42. The molecule has 0 radical (unpaired) electrons. The van der Waals surface area contributed by atoms with Gasteiger partial charge in [-0.15, -0.1) is 0 Å². The number of carbonyl (C=O) groups is 2. The number of hydrogen-bond donors (Lipinski definition) is 0. The van der Waals surface area contributed by atoms with Gasteiger partial charge in [0.15, 0.2) is 0 Å². The third-order valence-electron chi connectivity index (χ3n) is 5.04. The minimum absolute atomic E-state index is 0.0206. The molecule has 0 bridgehead atoms. The number of halogens is 1. The summed E-state index contributed by atoms with van der Waals surface area (Å²) in [7, 11) is 1.75. The molecule has 0 atom stereocenters. The van der Waals surface area contributed by atoms with E-state index in [1.165, 1.54) is 12.1 Å². The zero-order valence-corrected chi connectivity index (χ0v) is 15.8. The Morgan fingerprint density at radius 3 is 2.22 bits per heavy atom. The third-order valence-corrected chi connectivity index (χ3v) is 5.04. The number of amides is 3. The first kappa shape index (κ1) is 19.6. The van der Waals surface area contributed by atoms with Gasteiger partial charge >= 0.3 is 6.03 Å². The maximum atomic E-state index is 13.0. The van der Waals surface area contributed by atoms with Gasteiger partial charge in [-0.1, -0.05) is 12.1 Å². The number of rotatable bonds is 4. The van der Waals surface area contributed by atoms with Crippen LogP contribution in [0.1, 0.15) is 5.56 Å². The van der Waals surface area contributed by atoms with Gasteiger partial charge in [0.1, 0.15) is 5.82 Å². The van der Waals surface area contributed by atoms with Crippen molar-refractivity contribution in [2.75, 3.05) is 66.1 Å². The van der Waals surface area contributed by atoms with Crippen LogP contribution in [0.4, 0.5) is 9.18 Å². The number of nitrogens with zero attached hydrogens (tertiary/aromatic N) is 4. The zero-order valence-electron chi connectivity index (χ0n) is 15.8. The molecule has 1 aromatic rings. The van der Waals surface area contributed by atoms with E-state index < -0.39 is 0 Å². The lowest BCUT2D eigenvalue weighted by Crippen LogP contribution is -2.55. The lowest BCUT2D eigenvalue weighted by atomic mass is 10.2. The molecule has 7 nitrogen and oxygen atoms in total. The molecule has 0 N–H and O–H groups in total. The van der Waals surface area contributed by atoms with Crippen LogP contribution in [-0.2, 0) is 16.1 Å². The fourth-order valence-electron chi connectivity index (χ4n) is 3.32. The van der Waals surface area contributed by atoms with Crippen molar-refractivity contribution in [3.8, 4) is 0 Å². The minimum atomic E-state index is -0.280. The van der Waals surface area contributed by atoms with Gasteiger partial charge in [-0.2, -0.15) is 0 Å². The van der Waals surface area contributed by atoms with E-state index in [1.54, 1.807) is 24.1 Å². The van der Waals surface area contributed by atoms with Gasteiger partial charge in [0.05, 0.1) is 19.8 Å². The number of carbonyl (C=O) groups excluding carboxylic acids is 2. The van der Waals surface area contributed by atoms with Crippen molar-refractivity contribution in [1.29, 1.82) is 0 Å². The number of piperazine rings is 1. The largest absolute Gasteiger partial charge is 0.378 e. The second kappa shape index (κ2) is 9.14. The normalized spacial score (nSPS) is 18.4. The van der Waals surface area contributed by atoms with Gasteiger partial charge in [0.25, 0.3) is 0 Å². The number of urea groups is 1. The molecule has 2 aliphatic heterocycles. The first-order valence-electron chi connectivity index (χ1n) is 9.35. The zero-order chi connectivity index (χ0) is 19.2. The van der Waals surface area contributed by atoms with Crippen LogP contribution in [0, 0.1) is 5.82 Å². The molecule has 0 aliphatic carbocycles. The quantitative estimate of drug-likeness (QED) is 0.780. The highest BCUT2D eigenvalue weighted by molar-refractivity contribution is 5.78. The van der Waals surface area contributed by atoms with E-state index in [9.17, 15) is 14.0 Å². The fourth-order valence-corrected chi connectivity index (χ4v) is 3.32. The number of ether oxygens (including phenoxy) is 1. The summed E-state index contributed by atoms with van der Waals surface area (Å²) in [5.74, 6) is -0.260. The van der Waals surface area contributed by atoms with Crippen LogP contribution in [-0.4, -0.2) is 97.6 Å². The van der Waals surface area contributed by atoms with Crippen molar-refractivity contribution in [2.45, 2.75) is 6.54 Å². The lowest BCUT2D eigenvalue weighted by Gasteiger charge is -2.38. The molecule has 148 valence electrons. The lowest BCUT2D eigenvalue weighted by molar-refractivity contribution is -0.132. The van der Waals surface area contributed by atoms with Crippen LogP contribution in [0.2, 0.25) is 0 Å². The molecule has 0 unspecified atom stereocenters. The van der Waals surface area contributed by atoms with Crippen LogP contribution in [0.5, 0.6) is 0 Å². The molecule has 0 saturated carbocycles. The molecule has 2 fully saturated rings. The second-order valence-corrected chi connectivity index (χ2v) is 7.02. The molecular weight excluding hydrogens is 351 g/mol. The van der Waals surface area contributed by atoms with Crippen LogP contribution >= 0.6 is 0 Å². The highest BCUT2D eigenvalue weighted by Gasteiger charge is 2.27. The van der Waals surface area contributed by atoms with E-state index in [0.717, 1.165) is 5.56 Å². The van der Waals surface area contributed by atoms with Crippen molar-refractivity contribution >= 4 is 11.9 Å². The maximum Gasteiger partial charge on any atom is 0.320 e. The van der Waals surface area contributed by atoms with Crippen molar-refractivity contribution in [1.82, 2.24) is 19.6 Å². The SMILES string of the molecule is CN(Cc1ccc(F)cc1)C(=O)CN1CCN(C(=O)N2CCOCC2)CC1. The van der Waals surface area contributed by atoms with E-state index in [4.69, 9.17) is 4.74 Å². The molecule has 3 rings (SSSR count). The van der Waals surface area contributed by atoms with Crippen LogP contribution < -0.4 is 0 Å². The van der Waals surface area contributed by atoms with Gasteiger partial charge in [0.2, 0.25) is 5.91 Å². The van der Waals surface area contributed by atoms with E-state index in [0.29, 0.717) is 65.6 Å². The van der Waals surface area contributed by atoms with Crippen molar-refractivity contribution in [3.63, 3.8) is 0 Å². The average molecular weight is 378 g/mol. The Hall–Kier alpha value is -2.19. The van der Waals surface area contributed by atoms with E-state index in [1.807, 2.05) is 9.80 Å². The minimum Gasteiger partial charge on any atom is -0.378 e. The highest BCUT2D eigenvalue weighted by atomic mass is 19.1. The Morgan fingerprint density at radius 1 is 1.00 bits per heavy atom. The summed E-state index contributed by atoms with van der Waals surface area (Å²) in [6.45, 7) is 5.90. The van der Waals surface area contributed by atoms with Gasteiger partial charge in [0, 0.05) is 52.9 Å². The standard InChI is InChI=1S/C19H27FN4O3/c1-21(14-16-2-4-17(20)5-3-16)18(25)15-22-6-8-23(9-7-22)19(26)24-10-12-27-13-11-24/h2-5H,6-15H2,1H3. The summed E-state index contributed by atoms with van der Waals surface area (Å²) in [4.78, 5) is 32.4. The monoisotopic (exact) mass is 378 g/mol. The molecule has 27 heavy (non-hydrogen) atoms. The topological polar surface area (TPSA) is 56.3 Å². The van der Waals surface area contributed by atoms with E-state index in [2.05, 4.69) is 4.90 Å².